The summed E-state index contributed by atoms with van der Waals surface area (Å²) >= 11 is 1.72. The maximum atomic E-state index is 8.65. The van der Waals surface area contributed by atoms with Crippen LogP contribution in [0.15, 0.2) is 46.2 Å². The van der Waals surface area contributed by atoms with Crippen LogP contribution in [-0.2, 0) is 13.0 Å². The molecular formula is C14H17N3OS. The molecule has 0 aliphatic rings. The van der Waals surface area contributed by atoms with Crippen molar-refractivity contribution in [1.29, 1.82) is 0 Å². The van der Waals surface area contributed by atoms with E-state index in [1.54, 1.807) is 11.3 Å². The number of nitrogens with two attached hydrogens (primary N) is 1. The molecule has 0 fully saturated rings. The summed E-state index contributed by atoms with van der Waals surface area (Å²) in [7, 11) is 0. The van der Waals surface area contributed by atoms with Crippen molar-refractivity contribution in [2.75, 3.05) is 6.54 Å². The lowest BCUT2D eigenvalue weighted by molar-refractivity contribution is 0.318. The van der Waals surface area contributed by atoms with E-state index in [0.29, 0.717) is 0 Å². The largest absolute Gasteiger partial charge is 0.409 e. The molecule has 0 unspecified atom stereocenters. The minimum Gasteiger partial charge on any atom is -0.409 e. The van der Waals surface area contributed by atoms with Gasteiger partial charge in [-0.15, -0.1) is 0 Å². The summed E-state index contributed by atoms with van der Waals surface area (Å²) in [4.78, 5) is 0. The van der Waals surface area contributed by atoms with Gasteiger partial charge >= 0.3 is 0 Å². The Bertz CT molecular complexity index is 537. The van der Waals surface area contributed by atoms with E-state index in [2.05, 4.69) is 27.3 Å². The minimum absolute atomic E-state index is 0.139. The van der Waals surface area contributed by atoms with Crippen molar-refractivity contribution in [3.05, 3.63) is 57.8 Å². The van der Waals surface area contributed by atoms with Crippen molar-refractivity contribution < 1.29 is 5.21 Å². The summed E-state index contributed by atoms with van der Waals surface area (Å²) < 4.78 is 0. The molecule has 100 valence electrons. The predicted molar refractivity (Wildman–Crippen MR) is 78.7 cm³/mol. The minimum atomic E-state index is 0.139. The van der Waals surface area contributed by atoms with Crippen molar-refractivity contribution in [3.63, 3.8) is 0 Å². The lowest BCUT2D eigenvalue weighted by Gasteiger charge is -2.06. The molecule has 0 atom stereocenters. The highest BCUT2D eigenvalue weighted by Gasteiger charge is 2.00. The molecule has 0 saturated carbocycles. The second kappa shape index (κ2) is 6.92. The standard InChI is InChI=1S/C14H17N3OS/c15-14(17-18)13-3-1-2-12(8-13)9-16-6-4-11-5-7-19-10-11/h1-3,5,7-8,10,16,18H,4,6,9H2,(H2,15,17). The van der Waals surface area contributed by atoms with E-state index in [1.165, 1.54) is 5.56 Å². The summed E-state index contributed by atoms with van der Waals surface area (Å²) in [6, 6.07) is 9.82. The van der Waals surface area contributed by atoms with Crippen LogP contribution in [0.1, 0.15) is 16.7 Å². The zero-order valence-electron chi connectivity index (χ0n) is 10.5. The lowest BCUT2D eigenvalue weighted by Crippen LogP contribution is -2.17. The van der Waals surface area contributed by atoms with E-state index >= 15 is 0 Å². The van der Waals surface area contributed by atoms with Crippen LogP contribution in [0.3, 0.4) is 0 Å². The normalized spacial score (nSPS) is 11.7. The second-order valence-electron chi connectivity index (χ2n) is 4.24. The summed E-state index contributed by atoms with van der Waals surface area (Å²) in [5.74, 6) is 0.139. The monoisotopic (exact) mass is 275 g/mol. The van der Waals surface area contributed by atoms with Crippen LogP contribution in [0.4, 0.5) is 0 Å². The van der Waals surface area contributed by atoms with Gasteiger partial charge in [-0.1, -0.05) is 23.4 Å². The Morgan fingerprint density at radius 3 is 2.95 bits per heavy atom. The molecule has 19 heavy (non-hydrogen) atoms. The van der Waals surface area contributed by atoms with E-state index in [9.17, 15) is 0 Å². The van der Waals surface area contributed by atoms with Crippen LogP contribution in [0, 0.1) is 0 Å². The van der Waals surface area contributed by atoms with Gasteiger partial charge in [-0.25, -0.2) is 0 Å². The molecule has 0 saturated heterocycles. The zero-order chi connectivity index (χ0) is 13.5. The number of nitrogens with zero attached hydrogens (tertiary/aromatic N) is 1. The number of amidine groups is 1. The molecule has 1 aromatic heterocycles. The number of hydrogen-bond acceptors (Lipinski definition) is 4. The zero-order valence-corrected chi connectivity index (χ0v) is 11.4. The Kier molecular flexibility index (Phi) is 4.94. The van der Waals surface area contributed by atoms with Crippen molar-refractivity contribution in [1.82, 2.24) is 5.32 Å². The number of oxime groups is 1. The molecule has 0 amide bonds. The van der Waals surface area contributed by atoms with Gasteiger partial charge in [0.15, 0.2) is 5.84 Å². The van der Waals surface area contributed by atoms with E-state index in [0.717, 1.165) is 30.6 Å². The fraction of sp³-hybridized carbons (Fsp3) is 0.214. The Balaban J connectivity index is 1.82. The van der Waals surface area contributed by atoms with Crippen molar-refractivity contribution >= 4 is 17.2 Å². The van der Waals surface area contributed by atoms with Gasteiger partial charge in [0.2, 0.25) is 0 Å². The molecule has 1 heterocycles. The Hall–Kier alpha value is -1.85. The van der Waals surface area contributed by atoms with E-state index in [4.69, 9.17) is 10.9 Å². The summed E-state index contributed by atoms with van der Waals surface area (Å²) in [5, 5.41) is 19.3. The van der Waals surface area contributed by atoms with Crippen molar-refractivity contribution in [2.24, 2.45) is 10.9 Å². The average molecular weight is 275 g/mol. The van der Waals surface area contributed by atoms with Gasteiger partial charge in [-0.2, -0.15) is 11.3 Å². The average Bonchev–Trinajstić information content (AvgIpc) is 2.96. The van der Waals surface area contributed by atoms with E-state index < -0.39 is 0 Å². The third kappa shape index (κ3) is 4.08. The molecule has 2 rings (SSSR count). The first-order valence-corrected chi connectivity index (χ1v) is 7.02. The summed E-state index contributed by atoms with van der Waals surface area (Å²) in [6.07, 6.45) is 1.03. The van der Waals surface area contributed by atoms with Crippen molar-refractivity contribution in [3.8, 4) is 0 Å². The number of thiophene rings is 1. The fourth-order valence-electron chi connectivity index (χ4n) is 1.80. The quantitative estimate of drug-likeness (QED) is 0.249. The van der Waals surface area contributed by atoms with Gasteiger partial charge in [0.05, 0.1) is 0 Å². The first kappa shape index (κ1) is 13.6. The number of benzene rings is 1. The molecule has 0 spiro atoms. The number of rotatable bonds is 6. The van der Waals surface area contributed by atoms with Gasteiger partial charge in [0.25, 0.3) is 0 Å². The van der Waals surface area contributed by atoms with Crippen LogP contribution in [0.5, 0.6) is 0 Å². The van der Waals surface area contributed by atoms with Crippen LogP contribution < -0.4 is 11.1 Å². The highest BCUT2D eigenvalue weighted by atomic mass is 32.1. The fourth-order valence-corrected chi connectivity index (χ4v) is 2.50. The van der Waals surface area contributed by atoms with Gasteiger partial charge in [0.1, 0.15) is 0 Å². The van der Waals surface area contributed by atoms with Gasteiger partial charge in [0, 0.05) is 12.1 Å². The molecule has 0 radical (unpaired) electrons. The highest BCUT2D eigenvalue weighted by molar-refractivity contribution is 7.07. The van der Waals surface area contributed by atoms with Gasteiger partial charge in [-0.05, 0) is 47.0 Å². The molecule has 2 aromatic rings. The summed E-state index contributed by atoms with van der Waals surface area (Å²) in [5.41, 5.74) is 8.78. The maximum Gasteiger partial charge on any atom is 0.170 e. The third-order valence-corrected chi connectivity index (χ3v) is 3.56. The molecule has 4 N–H and O–H groups in total. The number of hydrogen-bond donors (Lipinski definition) is 3. The second-order valence-corrected chi connectivity index (χ2v) is 5.02. The predicted octanol–water partition coefficient (Wildman–Crippen LogP) is 2.17. The maximum absolute atomic E-state index is 8.65. The van der Waals surface area contributed by atoms with Gasteiger partial charge in [-0.3, -0.25) is 0 Å². The van der Waals surface area contributed by atoms with E-state index in [-0.39, 0.29) is 5.84 Å². The highest BCUT2D eigenvalue weighted by Crippen LogP contribution is 2.07. The molecule has 0 bridgehead atoms. The smallest absolute Gasteiger partial charge is 0.170 e. The third-order valence-electron chi connectivity index (χ3n) is 2.83. The summed E-state index contributed by atoms with van der Waals surface area (Å²) in [6.45, 7) is 1.71. The van der Waals surface area contributed by atoms with Gasteiger partial charge < -0.3 is 16.3 Å². The molecule has 4 nitrogen and oxygen atoms in total. The Labute approximate surface area is 116 Å². The molecule has 5 heteroatoms. The van der Waals surface area contributed by atoms with Crippen molar-refractivity contribution in [2.45, 2.75) is 13.0 Å². The van der Waals surface area contributed by atoms with Crippen LogP contribution >= 0.6 is 11.3 Å². The van der Waals surface area contributed by atoms with Crippen LogP contribution in [0.25, 0.3) is 0 Å². The molecule has 0 aliphatic heterocycles. The Morgan fingerprint density at radius 2 is 2.21 bits per heavy atom. The van der Waals surface area contributed by atoms with E-state index in [1.807, 2.05) is 24.3 Å². The van der Waals surface area contributed by atoms with Crippen LogP contribution in [0.2, 0.25) is 0 Å². The van der Waals surface area contributed by atoms with Crippen LogP contribution in [-0.4, -0.2) is 17.6 Å². The molecular weight excluding hydrogens is 258 g/mol. The first-order valence-electron chi connectivity index (χ1n) is 6.08. The lowest BCUT2D eigenvalue weighted by atomic mass is 10.1. The molecule has 0 aliphatic carbocycles. The number of nitrogens with one attached hydrogen (secondary N) is 1. The topological polar surface area (TPSA) is 70.6 Å². The SMILES string of the molecule is NC(=NO)c1cccc(CNCCc2ccsc2)c1. The molecule has 1 aromatic carbocycles. The first-order chi connectivity index (χ1) is 9.29. The Morgan fingerprint density at radius 1 is 1.32 bits per heavy atom.